The van der Waals surface area contributed by atoms with E-state index in [-0.39, 0.29) is 5.54 Å². The zero-order chi connectivity index (χ0) is 18.3. The summed E-state index contributed by atoms with van der Waals surface area (Å²) < 4.78 is 0. The molecule has 0 spiro atoms. The van der Waals surface area contributed by atoms with Crippen LogP contribution in [0, 0.1) is 5.92 Å². The number of hydrogen-bond donors (Lipinski definition) is 2. The van der Waals surface area contributed by atoms with Crippen LogP contribution in [0.4, 0.5) is 0 Å². The number of aryl methyl sites for hydroxylation is 1. The number of aliphatic hydroxyl groups excluding tert-OH is 1. The highest BCUT2D eigenvalue weighted by Crippen LogP contribution is 2.40. The summed E-state index contributed by atoms with van der Waals surface area (Å²) in [5.74, 6) is 1.53. The third-order valence-electron chi connectivity index (χ3n) is 5.90. The Balaban J connectivity index is 0.00000109. The van der Waals surface area contributed by atoms with Crippen LogP contribution < -0.4 is 5.73 Å². The minimum absolute atomic E-state index is 0.0521. The van der Waals surface area contributed by atoms with Crippen LogP contribution in [0.15, 0.2) is 30.4 Å². The molecule has 1 saturated carbocycles. The maximum Gasteiger partial charge on any atom is 0.0319 e. The van der Waals surface area contributed by atoms with Crippen molar-refractivity contribution in [2.45, 2.75) is 83.1 Å². The van der Waals surface area contributed by atoms with Crippen molar-refractivity contribution in [1.82, 2.24) is 0 Å². The van der Waals surface area contributed by atoms with E-state index in [0.29, 0.717) is 5.92 Å². The first-order chi connectivity index (χ1) is 12.1. The molecular weight excluding hydrogens is 306 g/mol. The minimum atomic E-state index is 0.0521. The summed E-state index contributed by atoms with van der Waals surface area (Å²) in [6.45, 7) is 4.46. The molecule has 3 N–H and O–H groups in total. The molecule has 2 aliphatic rings. The summed E-state index contributed by atoms with van der Waals surface area (Å²) in [6, 6.07) is 7.31. The van der Waals surface area contributed by atoms with E-state index in [2.05, 4.69) is 44.2 Å². The van der Waals surface area contributed by atoms with Crippen LogP contribution in [-0.2, 0) is 12.8 Å². The molecule has 1 aromatic rings. The first kappa shape index (κ1) is 20.2. The zero-order valence-corrected chi connectivity index (χ0v) is 16.4. The molecule has 2 heteroatoms. The van der Waals surface area contributed by atoms with Gasteiger partial charge in [0.1, 0.15) is 0 Å². The van der Waals surface area contributed by atoms with Gasteiger partial charge in [0.05, 0.1) is 0 Å². The molecule has 0 saturated heterocycles. The average Bonchev–Trinajstić information content (AvgIpc) is 3.00. The SMILES string of the molecule is CCC/C=C/C[C@H]1CCc2cc([C@H]3CC[C@@](C)(N)C3)ccc2C1.CO. The molecule has 0 amide bonds. The van der Waals surface area contributed by atoms with Gasteiger partial charge in [-0.05, 0) is 86.8 Å². The molecule has 0 bridgehead atoms. The number of rotatable bonds is 5. The van der Waals surface area contributed by atoms with E-state index < -0.39 is 0 Å². The van der Waals surface area contributed by atoms with Crippen LogP contribution in [0.5, 0.6) is 0 Å². The number of aliphatic hydroxyl groups is 1. The molecule has 3 rings (SSSR count). The molecule has 2 nitrogen and oxygen atoms in total. The Morgan fingerprint density at radius 1 is 1.20 bits per heavy atom. The first-order valence-electron chi connectivity index (χ1n) is 10.1. The fourth-order valence-electron chi connectivity index (χ4n) is 4.43. The van der Waals surface area contributed by atoms with Crippen LogP contribution in [0.3, 0.4) is 0 Å². The van der Waals surface area contributed by atoms with E-state index in [4.69, 9.17) is 10.8 Å². The summed E-state index contributed by atoms with van der Waals surface area (Å²) in [7, 11) is 1.00. The topological polar surface area (TPSA) is 46.2 Å². The predicted octanol–water partition coefficient (Wildman–Crippen LogP) is 5.13. The van der Waals surface area contributed by atoms with E-state index >= 15 is 0 Å². The van der Waals surface area contributed by atoms with E-state index in [0.717, 1.165) is 19.4 Å². The lowest BCUT2D eigenvalue weighted by molar-refractivity contribution is 0.399. The average molecular weight is 344 g/mol. The van der Waals surface area contributed by atoms with E-state index in [1.165, 1.54) is 51.4 Å². The van der Waals surface area contributed by atoms with Crippen molar-refractivity contribution in [1.29, 1.82) is 0 Å². The first-order valence-corrected chi connectivity index (χ1v) is 10.1. The maximum absolute atomic E-state index is 7.00. The standard InChI is InChI=1S/C22H33N.CH4O/c1-3-4-5-6-7-17-8-9-19-15-20(11-10-18(19)14-17)21-12-13-22(2,23)16-21;1-2/h5-6,10-11,15,17,21H,3-4,7-9,12-14,16,23H2,1-2H3;2H,1H3/b6-5+;/t17-,21-,22+;/m0./s1. The van der Waals surface area contributed by atoms with Crippen molar-refractivity contribution in [3.05, 3.63) is 47.0 Å². The smallest absolute Gasteiger partial charge is 0.0319 e. The number of hydrogen-bond acceptors (Lipinski definition) is 2. The fraction of sp³-hybridized carbons (Fsp3) is 0.652. The molecule has 140 valence electrons. The zero-order valence-electron chi connectivity index (χ0n) is 16.4. The maximum atomic E-state index is 7.00. The molecule has 0 unspecified atom stereocenters. The summed E-state index contributed by atoms with van der Waals surface area (Å²) in [5, 5.41) is 7.00. The highest BCUT2D eigenvalue weighted by molar-refractivity contribution is 5.36. The Morgan fingerprint density at radius 2 is 2.00 bits per heavy atom. The second-order valence-corrected chi connectivity index (χ2v) is 8.23. The second kappa shape index (κ2) is 9.54. The largest absolute Gasteiger partial charge is 0.400 e. The minimum Gasteiger partial charge on any atom is -0.400 e. The molecule has 0 aromatic heterocycles. The quantitative estimate of drug-likeness (QED) is 0.728. The Hall–Kier alpha value is -1.12. The molecule has 1 aromatic carbocycles. The number of unbranched alkanes of at least 4 members (excludes halogenated alkanes) is 1. The number of nitrogens with two attached hydrogens (primary N) is 1. The fourth-order valence-corrected chi connectivity index (χ4v) is 4.43. The lowest BCUT2D eigenvalue weighted by atomic mass is 9.80. The summed E-state index contributed by atoms with van der Waals surface area (Å²) in [4.78, 5) is 0. The lowest BCUT2D eigenvalue weighted by Gasteiger charge is -2.25. The van der Waals surface area contributed by atoms with Crippen molar-refractivity contribution in [2.24, 2.45) is 11.7 Å². The van der Waals surface area contributed by atoms with Crippen molar-refractivity contribution in [3.63, 3.8) is 0 Å². The van der Waals surface area contributed by atoms with Crippen LogP contribution in [0.1, 0.15) is 81.4 Å². The Kier molecular flexibility index (Phi) is 7.71. The van der Waals surface area contributed by atoms with Crippen LogP contribution in [-0.4, -0.2) is 17.8 Å². The molecule has 0 heterocycles. The van der Waals surface area contributed by atoms with Gasteiger partial charge in [-0.15, -0.1) is 0 Å². The summed E-state index contributed by atoms with van der Waals surface area (Å²) >= 11 is 0. The summed E-state index contributed by atoms with van der Waals surface area (Å²) in [5.41, 5.74) is 11.1. The van der Waals surface area contributed by atoms with E-state index in [1.807, 2.05) is 0 Å². The van der Waals surface area contributed by atoms with Crippen LogP contribution in [0.25, 0.3) is 0 Å². The molecule has 25 heavy (non-hydrogen) atoms. The molecule has 2 aliphatic carbocycles. The Labute approximate surface area is 154 Å². The van der Waals surface area contributed by atoms with Gasteiger partial charge in [-0.3, -0.25) is 0 Å². The molecule has 1 fully saturated rings. The van der Waals surface area contributed by atoms with E-state index in [1.54, 1.807) is 16.7 Å². The third kappa shape index (κ3) is 5.69. The normalized spacial score (nSPS) is 28.5. The monoisotopic (exact) mass is 343 g/mol. The van der Waals surface area contributed by atoms with Crippen molar-refractivity contribution in [3.8, 4) is 0 Å². The number of allylic oxidation sites excluding steroid dienone is 2. The van der Waals surface area contributed by atoms with Crippen LogP contribution >= 0.6 is 0 Å². The third-order valence-corrected chi connectivity index (χ3v) is 5.90. The predicted molar refractivity (Wildman–Crippen MR) is 108 cm³/mol. The van der Waals surface area contributed by atoms with Gasteiger partial charge in [0.25, 0.3) is 0 Å². The van der Waals surface area contributed by atoms with Gasteiger partial charge in [-0.25, -0.2) is 0 Å². The van der Waals surface area contributed by atoms with Gasteiger partial charge in [0, 0.05) is 12.6 Å². The van der Waals surface area contributed by atoms with Crippen molar-refractivity contribution in [2.75, 3.05) is 7.11 Å². The summed E-state index contributed by atoms with van der Waals surface area (Å²) in [6.07, 6.45) is 16.0. The van der Waals surface area contributed by atoms with Gasteiger partial charge in [0.2, 0.25) is 0 Å². The Bertz CT molecular complexity index is 561. The molecular formula is C23H37NO. The Morgan fingerprint density at radius 3 is 2.68 bits per heavy atom. The van der Waals surface area contributed by atoms with Crippen LogP contribution in [0.2, 0.25) is 0 Å². The van der Waals surface area contributed by atoms with Gasteiger partial charge in [-0.1, -0.05) is 43.7 Å². The van der Waals surface area contributed by atoms with Gasteiger partial charge in [-0.2, -0.15) is 0 Å². The van der Waals surface area contributed by atoms with Crippen molar-refractivity contribution >= 4 is 0 Å². The molecule has 3 atom stereocenters. The highest BCUT2D eigenvalue weighted by atomic mass is 16.2. The van der Waals surface area contributed by atoms with Crippen molar-refractivity contribution < 1.29 is 5.11 Å². The highest BCUT2D eigenvalue weighted by Gasteiger charge is 2.32. The van der Waals surface area contributed by atoms with Gasteiger partial charge < -0.3 is 10.8 Å². The second-order valence-electron chi connectivity index (χ2n) is 8.23. The molecule has 0 aliphatic heterocycles. The lowest BCUT2D eigenvalue weighted by Crippen LogP contribution is -2.32. The van der Waals surface area contributed by atoms with Gasteiger partial charge in [0.15, 0.2) is 0 Å². The number of benzene rings is 1. The van der Waals surface area contributed by atoms with E-state index in [9.17, 15) is 0 Å². The molecule has 0 radical (unpaired) electrons. The van der Waals surface area contributed by atoms with Gasteiger partial charge >= 0.3 is 0 Å². The number of fused-ring (bicyclic) bond motifs is 1.